The number of carbonyl (C=O) groups excluding carboxylic acids is 1. The molecule has 0 unspecified atom stereocenters. The van der Waals surface area contributed by atoms with Gasteiger partial charge in [0, 0.05) is 11.1 Å². The Bertz CT molecular complexity index is 942. The quantitative estimate of drug-likeness (QED) is 0.632. The number of benzene rings is 2. The van der Waals surface area contributed by atoms with E-state index in [1.165, 1.54) is 19.2 Å². The third-order valence-corrected chi connectivity index (χ3v) is 4.87. The minimum atomic E-state index is -4.66. The molecule has 0 amide bonds. The molecular formula is C18H15O5S-. The van der Waals surface area contributed by atoms with Gasteiger partial charge in [0.2, 0.25) is 0 Å². The minimum absolute atomic E-state index is 0.00698. The lowest BCUT2D eigenvalue weighted by Crippen LogP contribution is -2.13. The summed E-state index contributed by atoms with van der Waals surface area (Å²) in [6.07, 6.45) is 2.95. The second-order valence-corrected chi connectivity index (χ2v) is 6.87. The number of hydrogen-bond donors (Lipinski definition) is 0. The van der Waals surface area contributed by atoms with Gasteiger partial charge in [0.25, 0.3) is 0 Å². The molecule has 124 valence electrons. The zero-order valence-electron chi connectivity index (χ0n) is 13.0. The number of rotatable bonds is 3. The molecule has 24 heavy (non-hydrogen) atoms. The van der Waals surface area contributed by atoms with Crippen molar-refractivity contribution in [3.63, 3.8) is 0 Å². The molecule has 0 spiro atoms. The number of ether oxygens (including phenoxy) is 1. The number of ketones is 1. The molecule has 3 rings (SSSR count). The predicted molar refractivity (Wildman–Crippen MR) is 88.0 cm³/mol. The van der Waals surface area contributed by atoms with Gasteiger partial charge in [-0.1, -0.05) is 30.3 Å². The molecule has 0 N–H and O–H groups in total. The summed E-state index contributed by atoms with van der Waals surface area (Å²) in [5.41, 5.74) is 2.75. The molecule has 6 heteroatoms. The normalized spacial score (nSPS) is 16.1. The SMILES string of the molecule is COc1ccc(C=C2CCc3ccccc3C2=O)cc1S(=O)(=O)[O-]. The fourth-order valence-corrected chi connectivity index (χ4v) is 3.51. The summed E-state index contributed by atoms with van der Waals surface area (Å²) >= 11 is 0. The van der Waals surface area contributed by atoms with E-state index in [1.807, 2.05) is 18.2 Å². The van der Waals surface area contributed by atoms with Gasteiger partial charge in [-0.3, -0.25) is 4.79 Å². The summed E-state index contributed by atoms with van der Waals surface area (Å²) in [5.74, 6) is -0.0772. The molecule has 0 fully saturated rings. The van der Waals surface area contributed by atoms with Gasteiger partial charge >= 0.3 is 0 Å². The Balaban J connectivity index is 2.03. The number of carbonyl (C=O) groups is 1. The van der Waals surface area contributed by atoms with E-state index in [2.05, 4.69) is 0 Å². The molecular weight excluding hydrogens is 328 g/mol. The number of allylic oxidation sites excluding steroid dienone is 1. The van der Waals surface area contributed by atoms with Crippen molar-refractivity contribution in [2.45, 2.75) is 17.7 Å². The van der Waals surface area contributed by atoms with Crippen molar-refractivity contribution in [2.75, 3.05) is 7.11 Å². The van der Waals surface area contributed by atoms with E-state index in [0.717, 1.165) is 12.0 Å². The zero-order valence-corrected chi connectivity index (χ0v) is 13.8. The highest BCUT2D eigenvalue weighted by molar-refractivity contribution is 7.85. The highest BCUT2D eigenvalue weighted by atomic mass is 32.2. The standard InChI is InChI=1S/C18H16O5S/c1-23-16-9-6-12(11-17(16)24(20,21)22)10-14-8-7-13-4-2-3-5-15(13)18(14)19/h2-6,9-11H,7-8H2,1H3,(H,20,21,22)/p-1. The maximum Gasteiger partial charge on any atom is 0.189 e. The molecule has 5 nitrogen and oxygen atoms in total. The Morgan fingerprint density at radius 1 is 1.12 bits per heavy atom. The van der Waals surface area contributed by atoms with Crippen LogP contribution in [0.3, 0.4) is 0 Å². The molecule has 0 saturated heterocycles. The van der Waals surface area contributed by atoms with Crippen LogP contribution in [0.2, 0.25) is 0 Å². The van der Waals surface area contributed by atoms with Crippen molar-refractivity contribution in [1.82, 2.24) is 0 Å². The molecule has 0 saturated carbocycles. The van der Waals surface area contributed by atoms with Crippen molar-refractivity contribution in [1.29, 1.82) is 0 Å². The Hall–Kier alpha value is -2.44. The van der Waals surface area contributed by atoms with Crippen molar-refractivity contribution in [3.05, 3.63) is 64.7 Å². The van der Waals surface area contributed by atoms with Gasteiger partial charge in [-0.2, -0.15) is 0 Å². The third-order valence-electron chi connectivity index (χ3n) is 4.02. The van der Waals surface area contributed by atoms with Crippen LogP contribution in [0.4, 0.5) is 0 Å². The second-order valence-electron chi connectivity index (χ2n) is 5.52. The van der Waals surface area contributed by atoms with E-state index < -0.39 is 15.0 Å². The summed E-state index contributed by atoms with van der Waals surface area (Å²) in [6.45, 7) is 0. The van der Waals surface area contributed by atoms with Gasteiger partial charge in [-0.15, -0.1) is 0 Å². The highest BCUT2D eigenvalue weighted by Crippen LogP contribution is 2.29. The largest absolute Gasteiger partial charge is 0.744 e. The molecule has 0 radical (unpaired) electrons. The van der Waals surface area contributed by atoms with Gasteiger partial charge in [0.15, 0.2) is 5.78 Å². The molecule has 2 aromatic carbocycles. The zero-order chi connectivity index (χ0) is 17.3. The van der Waals surface area contributed by atoms with Crippen LogP contribution in [0.1, 0.15) is 27.9 Å². The first-order valence-corrected chi connectivity index (χ1v) is 8.78. The van der Waals surface area contributed by atoms with Crippen LogP contribution in [-0.4, -0.2) is 25.9 Å². The summed E-state index contributed by atoms with van der Waals surface area (Å²) in [6, 6.07) is 11.7. The van der Waals surface area contributed by atoms with Gasteiger partial charge < -0.3 is 9.29 Å². The third kappa shape index (κ3) is 3.11. The van der Waals surface area contributed by atoms with Crippen molar-refractivity contribution in [2.24, 2.45) is 0 Å². The summed E-state index contributed by atoms with van der Waals surface area (Å²) in [5, 5.41) is 0. The van der Waals surface area contributed by atoms with Crippen LogP contribution in [0.5, 0.6) is 5.75 Å². The van der Waals surface area contributed by atoms with E-state index in [1.54, 1.807) is 18.2 Å². The van der Waals surface area contributed by atoms with E-state index >= 15 is 0 Å². The maximum absolute atomic E-state index is 12.6. The fourth-order valence-electron chi connectivity index (χ4n) is 2.83. The lowest BCUT2D eigenvalue weighted by atomic mass is 9.86. The summed E-state index contributed by atoms with van der Waals surface area (Å²) in [7, 11) is -3.36. The van der Waals surface area contributed by atoms with Crippen LogP contribution >= 0.6 is 0 Å². The topological polar surface area (TPSA) is 83.5 Å². The van der Waals surface area contributed by atoms with E-state index in [4.69, 9.17) is 4.74 Å². The van der Waals surface area contributed by atoms with Crippen molar-refractivity contribution >= 4 is 22.0 Å². The molecule has 0 aliphatic heterocycles. The van der Waals surface area contributed by atoms with Gasteiger partial charge in [-0.25, -0.2) is 8.42 Å². The second kappa shape index (κ2) is 6.22. The number of methoxy groups -OCH3 is 1. The first-order valence-electron chi connectivity index (χ1n) is 7.37. The van der Waals surface area contributed by atoms with Gasteiger partial charge in [0.05, 0.1) is 12.0 Å². The van der Waals surface area contributed by atoms with E-state index in [0.29, 0.717) is 23.1 Å². The minimum Gasteiger partial charge on any atom is -0.744 e. The van der Waals surface area contributed by atoms with Gasteiger partial charge in [0.1, 0.15) is 15.9 Å². The Morgan fingerprint density at radius 3 is 2.58 bits per heavy atom. The summed E-state index contributed by atoms with van der Waals surface area (Å²) < 4.78 is 39.0. The molecule has 1 aliphatic carbocycles. The highest BCUT2D eigenvalue weighted by Gasteiger charge is 2.21. The molecule has 0 heterocycles. The van der Waals surface area contributed by atoms with Crippen LogP contribution < -0.4 is 4.74 Å². The Labute approximate surface area is 140 Å². The molecule has 2 aromatic rings. The van der Waals surface area contributed by atoms with Gasteiger partial charge in [-0.05, 0) is 42.2 Å². The number of hydrogen-bond acceptors (Lipinski definition) is 5. The maximum atomic E-state index is 12.6. The average molecular weight is 343 g/mol. The number of Topliss-reactive ketones (excluding diaryl/α,β-unsaturated/α-hetero) is 1. The lowest BCUT2D eigenvalue weighted by Gasteiger charge is -2.17. The fraction of sp³-hybridized carbons (Fsp3) is 0.167. The average Bonchev–Trinajstić information content (AvgIpc) is 2.57. The number of fused-ring (bicyclic) bond motifs is 1. The first-order chi connectivity index (χ1) is 11.4. The smallest absolute Gasteiger partial charge is 0.189 e. The Morgan fingerprint density at radius 2 is 1.88 bits per heavy atom. The van der Waals surface area contributed by atoms with Crippen LogP contribution in [-0.2, 0) is 16.5 Å². The molecule has 0 atom stereocenters. The number of aryl methyl sites for hydroxylation is 1. The predicted octanol–water partition coefficient (Wildman–Crippen LogP) is 2.81. The van der Waals surface area contributed by atoms with Crippen molar-refractivity contribution in [3.8, 4) is 5.75 Å². The van der Waals surface area contributed by atoms with E-state index in [-0.39, 0.29) is 11.5 Å². The van der Waals surface area contributed by atoms with Crippen LogP contribution in [0.15, 0.2) is 52.9 Å². The molecule has 0 aromatic heterocycles. The molecule has 1 aliphatic rings. The molecule has 0 bridgehead atoms. The van der Waals surface area contributed by atoms with Crippen LogP contribution in [0.25, 0.3) is 6.08 Å². The van der Waals surface area contributed by atoms with Crippen LogP contribution in [0, 0.1) is 0 Å². The Kier molecular flexibility index (Phi) is 4.26. The van der Waals surface area contributed by atoms with E-state index in [9.17, 15) is 17.8 Å². The summed E-state index contributed by atoms with van der Waals surface area (Å²) in [4.78, 5) is 12.1. The lowest BCUT2D eigenvalue weighted by molar-refractivity contribution is 0.102. The first kappa shape index (κ1) is 16.4. The van der Waals surface area contributed by atoms with Crippen molar-refractivity contribution < 1.29 is 22.5 Å². The monoisotopic (exact) mass is 343 g/mol.